The van der Waals surface area contributed by atoms with Crippen LogP contribution in [-0.4, -0.2) is 0 Å². The van der Waals surface area contributed by atoms with Crippen LogP contribution in [-0.2, 0) is 13.0 Å². The molecule has 0 fully saturated rings. The number of pyridine rings is 1. The largest absolute Gasteiger partial charge is 0.199 e. The van der Waals surface area contributed by atoms with Gasteiger partial charge in [0, 0.05) is 30.9 Å². The monoisotopic (exact) mass is 424 g/mol. The zero-order valence-electron chi connectivity index (χ0n) is 21.3. The Morgan fingerprint density at radius 1 is 0.677 bits per heavy atom. The third-order valence-corrected chi connectivity index (χ3v) is 7.05. The van der Waals surface area contributed by atoms with Gasteiger partial charge in [0.1, 0.15) is 6.54 Å². The van der Waals surface area contributed by atoms with Crippen LogP contribution in [0.4, 0.5) is 0 Å². The highest BCUT2D eigenvalue weighted by atomic mass is 15.0. The van der Waals surface area contributed by atoms with Gasteiger partial charge < -0.3 is 0 Å². The zero-order chi connectivity index (χ0) is 22.3. The minimum atomic E-state index is 1.19. The van der Waals surface area contributed by atoms with E-state index in [0.29, 0.717) is 0 Å². The van der Waals surface area contributed by atoms with Crippen LogP contribution in [0.2, 0.25) is 0 Å². The zero-order valence-corrected chi connectivity index (χ0v) is 21.3. The van der Waals surface area contributed by atoms with Gasteiger partial charge in [0.15, 0.2) is 11.4 Å². The van der Waals surface area contributed by atoms with Crippen molar-refractivity contribution in [1.82, 2.24) is 0 Å². The summed E-state index contributed by atoms with van der Waals surface area (Å²) in [5.41, 5.74) is 7.51. The summed E-state index contributed by atoms with van der Waals surface area (Å²) >= 11 is 0. The average molecular weight is 425 g/mol. The van der Waals surface area contributed by atoms with E-state index in [1.807, 2.05) is 0 Å². The summed E-state index contributed by atoms with van der Waals surface area (Å²) in [6.07, 6.45) is 31.3. The van der Waals surface area contributed by atoms with E-state index >= 15 is 0 Å². The molecule has 2 heterocycles. The molecule has 0 amide bonds. The summed E-state index contributed by atoms with van der Waals surface area (Å²) in [5, 5.41) is 0. The third kappa shape index (κ3) is 8.59. The molecule has 1 aromatic rings. The fourth-order valence-electron chi connectivity index (χ4n) is 5.06. The van der Waals surface area contributed by atoms with Crippen LogP contribution in [0.5, 0.6) is 0 Å². The van der Waals surface area contributed by atoms with Crippen molar-refractivity contribution in [1.29, 1.82) is 0 Å². The molecule has 1 nitrogen and oxygen atoms in total. The SMILES string of the molecule is CCCCCCCC/C=C\c1c(C)c(/C=C/CCCCCCCC)c2[n+](c1C)CCC2. The van der Waals surface area contributed by atoms with Crippen LogP contribution >= 0.6 is 0 Å². The van der Waals surface area contributed by atoms with E-state index < -0.39 is 0 Å². The van der Waals surface area contributed by atoms with E-state index in [9.17, 15) is 0 Å². The average Bonchev–Trinajstić information content (AvgIpc) is 3.26. The first-order valence-electron chi connectivity index (χ1n) is 13.6. The van der Waals surface area contributed by atoms with E-state index in [1.54, 1.807) is 5.69 Å². The lowest BCUT2D eigenvalue weighted by molar-refractivity contribution is -0.696. The van der Waals surface area contributed by atoms with Gasteiger partial charge in [-0.15, -0.1) is 0 Å². The number of allylic oxidation sites excluding steroid dienone is 2. The van der Waals surface area contributed by atoms with Gasteiger partial charge in [-0.1, -0.05) is 102 Å². The summed E-state index contributed by atoms with van der Waals surface area (Å²) in [7, 11) is 0. The van der Waals surface area contributed by atoms with Crippen molar-refractivity contribution in [2.45, 2.75) is 137 Å². The number of hydrogen-bond acceptors (Lipinski definition) is 0. The molecule has 1 aliphatic rings. The minimum absolute atomic E-state index is 1.19. The Balaban J connectivity index is 1.96. The van der Waals surface area contributed by atoms with Gasteiger partial charge in [0.2, 0.25) is 0 Å². The van der Waals surface area contributed by atoms with Crippen LogP contribution in [0.3, 0.4) is 0 Å². The van der Waals surface area contributed by atoms with Crippen molar-refractivity contribution in [3.63, 3.8) is 0 Å². The molecule has 174 valence electrons. The van der Waals surface area contributed by atoms with Crippen LogP contribution in [0.15, 0.2) is 12.2 Å². The molecule has 1 heteroatoms. The maximum atomic E-state index is 2.60. The molecule has 1 aromatic heterocycles. The fourth-order valence-corrected chi connectivity index (χ4v) is 5.06. The minimum Gasteiger partial charge on any atom is -0.199 e. The van der Waals surface area contributed by atoms with Gasteiger partial charge >= 0.3 is 0 Å². The molecule has 0 aliphatic carbocycles. The summed E-state index contributed by atoms with van der Waals surface area (Å²) in [6.45, 7) is 10.5. The first-order valence-corrected chi connectivity index (χ1v) is 13.6. The van der Waals surface area contributed by atoms with Gasteiger partial charge in [0.05, 0.1) is 0 Å². The summed E-state index contributed by atoms with van der Waals surface area (Å²) in [4.78, 5) is 0. The molecule has 2 rings (SSSR count). The second kappa shape index (κ2) is 15.4. The topological polar surface area (TPSA) is 3.88 Å². The van der Waals surface area contributed by atoms with Gasteiger partial charge in [-0.05, 0) is 38.2 Å². The second-order valence-electron chi connectivity index (χ2n) is 9.66. The Labute approximate surface area is 194 Å². The number of unbranched alkanes of at least 4 members (excludes halogenated alkanes) is 12. The Morgan fingerprint density at radius 3 is 1.77 bits per heavy atom. The van der Waals surface area contributed by atoms with Gasteiger partial charge in [0.25, 0.3) is 0 Å². The molecule has 0 bridgehead atoms. The number of rotatable bonds is 16. The van der Waals surface area contributed by atoms with Crippen LogP contribution in [0.1, 0.15) is 138 Å². The van der Waals surface area contributed by atoms with E-state index in [4.69, 9.17) is 0 Å². The molecule has 1 aliphatic heterocycles. The van der Waals surface area contributed by atoms with Crippen molar-refractivity contribution < 1.29 is 4.57 Å². The fraction of sp³-hybridized carbons (Fsp3) is 0.700. The normalized spacial score (nSPS) is 13.7. The van der Waals surface area contributed by atoms with Crippen molar-refractivity contribution in [3.05, 3.63) is 40.2 Å². The highest BCUT2D eigenvalue weighted by Crippen LogP contribution is 2.26. The lowest BCUT2D eigenvalue weighted by atomic mass is 9.97. The van der Waals surface area contributed by atoms with Crippen LogP contribution in [0, 0.1) is 13.8 Å². The van der Waals surface area contributed by atoms with Crippen molar-refractivity contribution >= 4 is 12.2 Å². The lowest BCUT2D eigenvalue weighted by Crippen LogP contribution is -2.38. The maximum Gasteiger partial charge on any atom is 0.189 e. The Kier molecular flexibility index (Phi) is 12.9. The van der Waals surface area contributed by atoms with Crippen LogP contribution < -0.4 is 4.57 Å². The molecule has 0 spiro atoms. The number of aromatic nitrogens is 1. The predicted octanol–water partition coefficient (Wildman–Crippen LogP) is 9.06. The summed E-state index contributed by atoms with van der Waals surface area (Å²) < 4.78 is 2.60. The van der Waals surface area contributed by atoms with E-state index in [-0.39, 0.29) is 0 Å². The van der Waals surface area contributed by atoms with E-state index in [1.165, 1.54) is 132 Å². The molecule has 0 N–H and O–H groups in total. The van der Waals surface area contributed by atoms with Gasteiger partial charge in [-0.2, -0.15) is 4.57 Å². The molecular weight excluding hydrogens is 374 g/mol. The highest BCUT2D eigenvalue weighted by Gasteiger charge is 2.28. The molecule has 31 heavy (non-hydrogen) atoms. The molecule has 0 saturated heterocycles. The molecule has 0 radical (unpaired) electrons. The lowest BCUT2D eigenvalue weighted by Gasteiger charge is -2.11. The van der Waals surface area contributed by atoms with E-state index in [0.717, 1.165) is 0 Å². The second-order valence-corrected chi connectivity index (χ2v) is 9.66. The first kappa shape index (κ1) is 25.9. The molecule has 0 atom stereocenters. The maximum absolute atomic E-state index is 2.60. The Hall–Kier alpha value is -1.37. The van der Waals surface area contributed by atoms with Crippen molar-refractivity contribution in [3.8, 4) is 0 Å². The van der Waals surface area contributed by atoms with E-state index in [2.05, 4.69) is 56.6 Å². The molecule has 0 aromatic carbocycles. The van der Waals surface area contributed by atoms with Gasteiger partial charge in [-0.25, -0.2) is 0 Å². The smallest absolute Gasteiger partial charge is 0.189 e. The quantitative estimate of drug-likeness (QED) is 0.184. The van der Waals surface area contributed by atoms with Crippen LogP contribution in [0.25, 0.3) is 12.2 Å². The van der Waals surface area contributed by atoms with Gasteiger partial charge in [-0.3, -0.25) is 0 Å². The number of fused-ring (bicyclic) bond motifs is 1. The number of nitrogens with zero attached hydrogens (tertiary/aromatic N) is 1. The molecule has 0 saturated carbocycles. The Bertz CT molecular complexity index is 695. The van der Waals surface area contributed by atoms with Crippen molar-refractivity contribution in [2.75, 3.05) is 0 Å². The highest BCUT2D eigenvalue weighted by molar-refractivity contribution is 5.64. The third-order valence-electron chi connectivity index (χ3n) is 7.05. The molecular formula is C30H50N+. The Morgan fingerprint density at radius 2 is 1.19 bits per heavy atom. The first-order chi connectivity index (χ1) is 15.2. The van der Waals surface area contributed by atoms with Crippen molar-refractivity contribution in [2.24, 2.45) is 0 Å². The molecule has 0 unspecified atom stereocenters. The standard InChI is InChI=1S/C30H50N/c1-5-7-9-11-13-15-17-19-22-28-26(3)29(30-24-21-25-31(30)27(28)4)23-20-18-16-14-12-10-8-6-2/h19-20,22-23H,5-18,21,24-25H2,1-4H3/q+1/b22-19-,23-20+. The number of hydrogen-bond donors (Lipinski definition) is 0. The summed E-state index contributed by atoms with van der Waals surface area (Å²) in [6, 6.07) is 0. The summed E-state index contributed by atoms with van der Waals surface area (Å²) in [5.74, 6) is 0. The predicted molar refractivity (Wildman–Crippen MR) is 138 cm³/mol.